The molecule has 0 bridgehead atoms. The fraction of sp³-hybridized carbons (Fsp3) is 0.737. The number of ether oxygens (including phenoxy) is 2. The Morgan fingerprint density at radius 1 is 1.18 bits per heavy atom. The van der Waals surface area contributed by atoms with Crippen LogP contribution in [0.3, 0.4) is 0 Å². The first-order valence-corrected chi connectivity index (χ1v) is 8.62. The number of allylic oxidation sites excluding steroid dienone is 3. The van der Waals surface area contributed by atoms with Gasteiger partial charge in [0, 0.05) is 6.08 Å². The number of esters is 1. The van der Waals surface area contributed by atoms with Crippen molar-refractivity contribution in [3.05, 3.63) is 23.3 Å². The van der Waals surface area contributed by atoms with Crippen LogP contribution in [0.25, 0.3) is 0 Å². The summed E-state index contributed by atoms with van der Waals surface area (Å²) in [4.78, 5) is 11.3. The topological polar surface area (TPSA) is 38.8 Å². The standard InChI is InChI=1S/C19H32O3/c1-6-15(12-13-17-19(4,8-3)22-17)10-9-11-16(7-2)14-18(20)21-5/h10,14,17H,6-9,11-13H2,1-5H3/b15-10+,16-14+. The molecule has 1 aliphatic heterocycles. The third-order valence-electron chi connectivity index (χ3n) is 4.79. The molecular formula is C19H32O3. The first-order valence-electron chi connectivity index (χ1n) is 8.62. The van der Waals surface area contributed by atoms with E-state index < -0.39 is 0 Å². The second-order valence-electron chi connectivity index (χ2n) is 6.25. The summed E-state index contributed by atoms with van der Waals surface area (Å²) in [6.07, 6.45) is 11.7. The average Bonchev–Trinajstić information content (AvgIpc) is 3.20. The summed E-state index contributed by atoms with van der Waals surface area (Å²) in [5, 5.41) is 0. The number of hydrogen-bond donors (Lipinski definition) is 0. The van der Waals surface area contributed by atoms with Gasteiger partial charge >= 0.3 is 5.97 Å². The number of carbonyl (C=O) groups is 1. The summed E-state index contributed by atoms with van der Waals surface area (Å²) in [6.45, 7) is 8.69. The van der Waals surface area contributed by atoms with Gasteiger partial charge in [-0.25, -0.2) is 4.79 Å². The molecule has 0 aromatic heterocycles. The fourth-order valence-corrected chi connectivity index (χ4v) is 2.74. The summed E-state index contributed by atoms with van der Waals surface area (Å²) in [6, 6.07) is 0. The Bertz CT molecular complexity index is 422. The Hall–Kier alpha value is -1.09. The molecule has 22 heavy (non-hydrogen) atoms. The predicted octanol–water partition coefficient (Wildman–Crippen LogP) is 4.96. The van der Waals surface area contributed by atoms with Crippen LogP contribution in [-0.4, -0.2) is 24.8 Å². The molecule has 0 aromatic carbocycles. The minimum absolute atomic E-state index is 0.136. The van der Waals surface area contributed by atoms with Crippen molar-refractivity contribution in [2.75, 3.05) is 7.11 Å². The fourth-order valence-electron chi connectivity index (χ4n) is 2.74. The first kappa shape index (κ1) is 19.0. The lowest BCUT2D eigenvalue weighted by atomic mass is 9.97. The molecule has 0 aliphatic carbocycles. The molecule has 126 valence electrons. The van der Waals surface area contributed by atoms with Gasteiger partial charge in [0.2, 0.25) is 0 Å². The zero-order chi connectivity index (χ0) is 16.6. The highest BCUT2D eigenvalue weighted by molar-refractivity contribution is 5.82. The van der Waals surface area contributed by atoms with Gasteiger partial charge in [-0.3, -0.25) is 0 Å². The van der Waals surface area contributed by atoms with Crippen molar-refractivity contribution in [3.8, 4) is 0 Å². The first-order chi connectivity index (χ1) is 10.5. The smallest absolute Gasteiger partial charge is 0.330 e. The second-order valence-corrected chi connectivity index (χ2v) is 6.25. The summed E-state index contributed by atoms with van der Waals surface area (Å²) in [5.74, 6) is -0.249. The number of rotatable bonds is 10. The molecule has 0 N–H and O–H groups in total. The molecule has 1 fully saturated rings. The van der Waals surface area contributed by atoms with E-state index in [1.54, 1.807) is 6.08 Å². The number of hydrogen-bond acceptors (Lipinski definition) is 3. The maximum absolute atomic E-state index is 11.3. The maximum atomic E-state index is 11.3. The third kappa shape index (κ3) is 5.96. The van der Waals surface area contributed by atoms with E-state index in [-0.39, 0.29) is 11.6 Å². The number of methoxy groups -OCH3 is 1. The molecule has 0 aromatic rings. The highest BCUT2D eigenvalue weighted by Gasteiger charge is 2.49. The quantitative estimate of drug-likeness (QED) is 0.248. The van der Waals surface area contributed by atoms with Crippen LogP contribution in [0.2, 0.25) is 0 Å². The van der Waals surface area contributed by atoms with Crippen LogP contribution in [-0.2, 0) is 14.3 Å². The van der Waals surface area contributed by atoms with Crippen LogP contribution in [0.15, 0.2) is 23.3 Å². The molecule has 0 saturated carbocycles. The SMILES string of the molecule is CC/C(=C\C(=O)OC)CC/C=C(\CC)CCC1OC1(C)CC. The van der Waals surface area contributed by atoms with Crippen molar-refractivity contribution in [2.24, 2.45) is 0 Å². The normalized spacial score (nSPS) is 25.2. The van der Waals surface area contributed by atoms with Crippen LogP contribution < -0.4 is 0 Å². The minimum Gasteiger partial charge on any atom is -0.466 e. The molecule has 2 atom stereocenters. The molecule has 1 heterocycles. The van der Waals surface area contributed by atoms with E-state index in [0.29, 0.717) is 6.10 Å². The van der Waals surface area contributed by atoms with Crippen molar-refractivity contribution in [1.29, 1.82) is 0 Å². The van der Waals surface area contributed by atoms with Gasteiger partial charge in [0.1, 0.15) is 0 Å². The van der Waals surface area contributed by atoms with Crippen molar-refractivity contribution >= 4 is 5.97 Å². The molecule has 1 rings (SSSR count). The highest BCUT2D eigenvalue weighted by Crippen LogP contribution is 2.42. The maximum Gasteiger partial charge on any atom is 0.330 e. The van der Waals surface area contributed by atoms with Crippen LogP contribution in [0.1, 0.15) is 72.6 Å². The Morgan fingerprint density at radius 3 is 2.36 bits per heavy atom. The van der Waals surface area contributed by atoms with E-state index in [1.165, 1.54) is 12.7 Å². The molecule has 0 spiro atoms. The van der Waals surface area contributed by atoms with Crippen molar-refractivity contribution in [1.82, 2.24) is 0 Å². The van der Waals surface area contributed by atoms with Gasteiger partial charge < -0.3 is 9.47 Å². The molecule has 0 amide bonds. The summed E-state index contributed by atoms with van der Waals surface area (Å²) >= 11 is 0. The van der Waals surface area contributed by atoms with Gasteiger partial charge in [-0.2, -0.15) is 0 Å². The molecule has 3 heteroatoms. The van der Waals surface area contributed by atoms with E-state index in [9.17, 15) is 4.79 Å². The van der Waals surface area contributed by atoms with E-state index in [4.69, 9.17) is 4.74 Å². The van der Waals surface area contributed by atoms with Gasteiger partial charge in [-0.05, 0) is 51.9 Å². The number of carbonyl (C=O) groups excluding carboxylic acids is 1. The van der Waals surface area contributed by atoms with E-state index in [1.807, 2.05) is 0 Å². The third-order valence-corrected chi connectivity index (χ3v) is 4.79. The lowest BCUT2D eigenvalue weighted by Crippen LogP contribution is -2.07. The van der Waals surface area contributed by atoms with Crippen molar-refractivity contribution < 1.29 is 14.3 Å². The average molecular weight is 308 g/mol. The van der Waals surface area contributed by atoms with Gasteiger partial charge in [-0.1, -0.05) is 38.0 Å². The van der Waals surface area contributed by atoms with Crippen molar-refractivity contribution in [3.63, 3.8) is 0 Å². The van der Waals surface area contributed by atoms with Crippen LogP contribution in [0, 0.1) is 0 Å². The van der Waals surface area contributed by atoms with Gasteiger partial charge in [-0.15, -0.1) is 0 Å². The van der Waals surface area contributed by atoms with Gasteiger partial charge in [0.05, 0.1) is 18.8 Å². The van der Waals surface area contributed by atoms with Crippen LogP contribution in [0.4, 0.5) is 0 Å². The molecule has 1 saturated heterocycles. The Labute approximate surface area is 135 Å². The second kappa shape index (κ2) is 9.14. The van der Waals surface area contributed by atoms with Gasteiger partial charge in [0.15, 0.2) is 0 Å². The molecular weight excluding hydrogens is 276 g/mol. The molecule has 1 aliphatic rings. The number of epoxide rings is 1. The largest absolute Gasteiger partial charge is 0.466 e. The monoisotopic (exact) mass is 308 g/mol. The zero-order valence-electron chi connectivity index (χ0n) is 14.9. The Morgan fingerprint density at radius 2 is 1.86 bits per heavy atom. The molecule has 3 nitrogen and oxygen atoms in total. The summed E-state index contributed by atoms with van der Waals surface area (Å²) in [5.41, 5.74) is 2.79. The zero-order valence-corrected chi connectivity index (χ0v) is 14.9. The lowest BCUT2D eigenvalue weighted by Gasteiger charge is -2.06. The minimum atomic E-state index is -0.249. The summed E-state index contributed by atoms with van der Waals surface area (Å²) < 4.78 is 10.5. The Kier molecular flexibility index (Phi) is 7.88. The predicted molar refractivity (Wildman–Crippen MR) is 90.8 cm³/mol. The van der Waals surface area contributed by atoms with E-state index in [2.05, 4.69) is 38.5 Å². The van der Waals surface area contributed by atoms with Gasteiger partial charge in [0.25, 0.3) is 0 Å². The van der Waals surface area contributed by atoms with Crippen LogP contribution >= 0.6 is 0 Å². The summed E-state index contributed by atoms with van der Waals surface area (Å²) in [7, 11) is 1.42. The highest BCUT2D eigenvalue weighted by atomic mass is 16.6. The molecule has 2 unspecified atom stereocenters. The molecule has 0 radical (unpaired) electrons. The van der Waals surface area contributed by atoms with Crippen LogP contribution in [0.5, 0.6) is 0 Å². The van der Waals surface area contributed by atoms with E-state index >= 15 is 0 Å². The van der Waals surface area contributed by atoms with Crippen molar-refractivity contribution in [2.45, 2.75) is 84.3 Å². The van der Waals surface area contributed by atoms with E-state index in [0.717, 1.165) is 50.5 Å². The Balaban J connectivity index is 2.38. The lowest BCUT2D eigenvalue weighted by molar-refractivity contribution is -0.134.